The summed E-state index contributed by atoms with van der Waals surface area (Å²) < 4.78 is 5.42. The number of anilines is 1. The molecule has 4 nitrogen and oxygen atoms in total. The molecule has 0 radical (unpaired) electrons. The predicted octanol–water partition coefficient (Wildman–Crippen LogP) is 4.01. The van der Waals surface area contributed by atoms with Gasteiger partial charge in [0.1, 0.15) is 5.52 Å². The van der Waals surface area contributed by atoms with Gasteiger partial charge in [-0.25, -0.2) is 4.98 Å². The minimum absolute atomic E-state index is 0.124. The smallest absolute Gasteiger partial charge is 0.255 e. The molecule has 0 saturated carbocycles. The highest BCUT2D eigenvalue weighted by Crippen LogP contribution is 2.20. The zero-order chi connectivity index (χ0) is 15.0. The first kappa shape index (κ1) is 13.4. The van der Waals surface area contributed by atoms with Gasteiger partial charge in [-0.15, -0.1) is 0 Å². The van der Waals surface area contributed by atoms with Crippen LogP contribution in [0.3, 0.4) is 0 Å². The first-order valence-corrected chi connectivity index (χ1v) is 6.78. The standard InChI is InChI=1S/C17H16N2O2/c1-10-6-11(2)8-13(7-10)17(20)19-14-4-5-16-15(9-14)18-12(3)21-16/h4-9H,1-3H3,(H,19,20). The number of carbonyl (C=O) groups is 1. The Morgan fingerprint density at radius 1 is 1.05 bits per heavy atom. The van der Waals surface area contributed by atoms with E-state index in [1.165, 1.54) is 0 Å². The molecule has 1 amide bonds. The molecule has 1 N–H and O–H groups in total. The molecular weight excluding hydrogens is 264 g/mol. The highest BCUT2D eigenvalue weighted by Gasteiger charge is 2.09. The van der Waals surface area contributed by atoms with Gasteiger partial charge in [0.15, 0.2) is 11.5 Å². The lowest BCUT2D eigenvalue weighted by Gasteiger charge is -2.07. The van der Waals surface area contributed by atoms with Crippen molar-refractivity contribution in [1.29, 1.82) is 0 Å². The maximum Gasteiger partial charge on any atom is 0.255 e. The highest BCUT2D eigenvalue weighted by molar-refractivity contribution is 6.05. The van der Waals surface area contributed by atoms with Crippen LogP contribution < -0.4 is 5.32 Å². The molecule has 0 spiro atoms. The number of oxazole rings is 1. The second-order valence-corrected chi connectivity index (χ2v) is 5.25. The van der Waals surface area contributed by atoms with Crippen LogP contribution in [0.5, 0.6) is 0 Å². The van der Waals surface area contributed by atoms with Crippen molar-refractivity contribution < 1.29 is 9.21 Å². The van der Waals surface area contributed by atoms with Crippen molar-refractivity contribution in [2.75, 3.05) is 5.32 Å². The Morgan fingerprint density at radius 2 is 1.76 bits per heavy atom. The largest absolute Gasteiger partial charge is 0.441 e. The number of nitrogens with one attached hydrogen (secondary N) is 1. The Labute approximate surface area is 122 Å². The van der Waals surface area contributed by atoms with Crippen LogP contribution in [0.15, 0.2) is 40.8 Å². The van der Waals surface area contributed by atoms with E-state index in [1.807, 2.05) is 50.2 Å². The summed E-state index contributed by atoms with van der Waals surface area (Å²) >= 11 is 0. The molecule has 0 saturated heterocycles. The third kappa shape index (κ3) is 2.79. The molecule has 0 aliphatic carbocycles. The van der Waals surface area contributed by atoms with Crippen molar-refractivity contribution in [2.45, 2.75) is 20.8 Å². The zero-order valence-corrected chi connectivity index (χ0v) is 12.2. The monoisotopic (exact) mass is 280 g/mol. The van der Waals surface area contributed by atoms with Gasteiger partial charge in [-0.05, 0) is 44.2 Å². The summed E-state index contributed by atoms with van der Waals surface area (Å²) in [6.45, 7) is 5.76. The first-order valence-electron chi connectivity index (χ1n) is 6.78. The van der Waals surface area contributed by atoms with E-state index >= 15 is 0 Å². The first-order chi connectivity index (χ1) is 10.0. The lowest BCUT2D eigenvalue weighted by Crippen LogP contribution is -2.12. The summed E-state index contributed by atoms with van der Waals surface area (Å²) in [6.07, 6.45) is 0. The summed E-state index contributed by atoms with van der Waals surface area (Å²) in [5.74, 6) is 0.490. The normalized spacial score (nSPS) is 10.8. The van der Waals surface area contributed by atoms with Gasteiger partial charge in [0.25, 0.3) is 5.91 Å². The van der Waals surface area contributed by atoms with Gasteiger partial charge in [0.05, 0.1) is 0 Å². The Balaban J connectivity index is 1.88. The minimum Gasteiger partial charge on any atom is -0.441 e. The summed E-state index contributed by atoms with van der Waals surface area (Å²) in [5.41, 5.74) is 4.97. The number of aromatic nitrogens is 1. The van der Waals surface area contributed by atoms with Crippen LogP contribution in [0.1, 0.15) is 27.4 Å². The Bertz CT molecular complexity index is 814. The van der Waals surface area contributed by atoms with E-state index in [1.54, 1.807) is 6.92 Å². The van der Waals surface area contributed by atoms with Gasteiger partial charge in [0.2, 0.25) is 0 Å². The van der Waals surface area contributed by atoms with Crippen molar-refractivity contribution in [3.05, 3.63) is 59.0 Å². The number of hydrogen-bond acceptors (Lipinski definition) is 3. The number of aryl methyl sites for hydroxylation is 3. The number of rotatable bonds is 2. The summed E-state index contributed by atoms with van der Waals surface area (Å²) in [6, 6.07) is 11.2. The molecule has 0 bridgehead atoms. The van der Waals surface area contributed by atoms with Gasteiger partial charge in [-0.1, -0.05) is 17.2 Å². The molecule has 0 atom stereocenters. The van der Waals surface area contributed by atoms with E-state index in [-0.39, 0.29) is 5.91 Å². The average Bonchev–Trinajstić information content (AvgIpc) is 2.77. The molecular formula is C17H16N2O2. The van der Waals surface area contributed by atoms with E-state index in [2.05, 4.69) is 10.3 Å². The third-order valence-electron chi connectivity index (χ3n) is 3.24. The van der Waals surface area contributed by atoms with Crippen molar-refractivity contribution >= 4 is 22.7 Å². The van der Waals surface area contributed by atoms with E-state index in [0.717, 1.165) is 22.2 Å². The molecule has 0 aliphatic rings. The predicted molar refractivity (Wildman–Crippen MR) is 82.6 cm³/mol. The second kappa shape index (κ2) is 5.05. The maximum absolute atomic E-state index is 12.3. The van der Waals surface area contributed by atoms with Gasteiger partial charge >= 0.3 is 0 Å². The number of benzene rings is 2. The number of hydrogen-bond donors (Lipinski definition) is 1. The lowest BCUT2D eigenvalue weighted by atomic mass is 10.1. The Morgan fingerprint density at radius 3 is 2.48 bits per heavy atom. The van der Waals surface area contributed by atoms with Crippen molar-refractivity contribution in [3.8, 4) is 0 Å². The number of nitrogens with zero attached hydrogens (tertiary/aromatic N) is 1. The average molecular weight is 280 g/mol. The van der Waals surface area contributed by atoms with Crippen LogP contribution in [0.2, 0.25) is 0 Å². The number of fused-ring (bicyclic) bond motifs is 1. The molecule has 3 aromatic rings. The van der Waals surface area contributed by atoms with E-state index < -0.39 is 0 Å². The van der Waals surface area contributed by atoms with Crippen LogP contribution in [-0.4, -0.2) is 10.9 Å². The van der Waals surface area contributed by atoms with Crippen LogP contribution >= 0.6 is 0 Å². The van der Waals surface area contributed by atoms with E-state index in [0.29, 0.717) is 17.1 Å². The highest BCUT2D eigenvalue weighted by atomic mass is 16.3. The van der Waals surface area contributed by atoms with E-state index in [4.69, 9.17) is 4.42 Å². The fraction of sp³-hybridized carbons (Fsp3) is 0.176. The van der Waals surface area contributed by atoms with Gasteiger partial charge in [-0.2, -0.15) is 0 Å². The lowest BCUT2D eigenvalue weighted by molar-refractivity contribution is 0.102. The Hall–Kier alpha value is -2.62. The summed E-state index contributed by atoms with van der Waals surface area (Å²) in [7, 11) is 0. The van der Waals surface area contributed by atoms with Crippen LogP contribution in [0, 0.1) is 20.8 Å². The van der Waals surface area contributed by atoms with Crippen molar-refractivity contribution in [2.24, 2.45) is 0 Å². The van der Waals surface area contributed by atoms with Crippen LogP contribution in [-0.2, 0) is 0 Å². The molecule has 2 aromatic carbocycles. The van der Waals surface area contributed by atoms with Crippen LogP contribution in [0.25, 0.3) is 11.1 Å². The molecule has 21 heavy (non-hydrogen) atoms. The molecule has 0 unspecified atom stereocenters. The Kier molecular flexibility index (Phi) is 3.22. The summed E-state index contributed by atoms with van der Waals surface area (Å²) in [5, 5.41) is 2.89. The topological polar surface area (TPSA) is 55.1 Å². The van der Waals surface area contributed by atoms with Crippen LogP contribution in [0.4, 0.5) is 5.69 Å². The number of carbonyl (C=O) groups excluding carboxylic acids is 1. The van der Waals surface area contributed by atoms with Gasteiger partial charge < -0.3 is 9.73 Å². The van der Waals surface area contributed by atoms with Crippen molar-refractivity contribution in [1.82, 2.24) is 4.98 Å². The van der Waals surface area contributed by atoms with E-state index in [9.17, 15) is 4.79 Å². The molecule has 106 valence electrons. The molecule has 1 aromatic heterocycles. The van der Waals surface area contributed by atoms with Crippen molar-refractivity contribution in [3.63, 3.8) is 0 Å². The minimum atomic E-state index is -0.124. The molecule has 4 heteroatoms. The summed E-state index contributed by atoms with van der Waals surface area (Å²) in [4.78, 5) is 16.6. The fourth-order valence-corrected chi connectivity index (χ4v) is 2.43. The molecule has 3 rings (SSSR count). The maximum atomic E-state index is 12.3. The SMILES string of the molecule is Cc1cc(C)cc(C(=O)Nc2ccc3oc(C)nc3c2)c1. The number of amides is 1. The second-order valence-electron chi connectivity index (χ2n) is 5.25. The quantitative estimate of drug-likeness (QED) is 0.771. The third-order valence-corrected chi connectivity index (χ3v) is 3.24. The molecule has 0 aliphatic heterocycles. The molecule has 0 fully saturated rings. The fourth-order valence-electron chi connectivity index (χ4n) is 2.43. The van der Waals surface area contributed by atoms with Gasteiger partial charge in [0, 0.05) is 18.2 Å². The zero-order valence-electron chi connectivity index (χ0n) is 12.2. The molecule has 1 heterocycles. The van der Waals surface area contributed by atoms with Gasteiger partial charge in [-0.3, -0.25) is 4.79 Å².